The van der Waals surface area contributed by atoms with Gasteiger partial charge in [0.25, 0.3) is 0 Å². The Bertz CT molecular complexity index is 4570. The van der Waals surface area contributed by atoms with Crippen molar-refractivity contribution in [2.75, 3.05) is 27.2 Å². The summed E-state index contributed by atoms with van der Waals surface area (Å²) in [6.07, 6.45) is -5.14. The van der Waals surface area contributed by atoms with Gasteiger partial charge in [-0.1, -0.05) is 363 Å². The van der Waals surface area contributed by atoms with Crippen molar-refractivity contribution < 1.29 is 64.6 Å². The van der Waals surface area contributed by atoms with Crippen molar-refractivity contribution in [3.8, 4) is 0 Å². The summed E-state index contributed by atoms with van der Waals surface area (Å²) in [5, 5.41) is 92.7. The zero-order valence-corrected chi connectivity index (χ0v) is 66.0. The van der Waals surface area contributed by atoms with E-state index in [1.807, 2.05) is 244 Å². The van der Waals surface area contributed by atoms with Gasteiger partial charge in [-0.25, -0.2) is 0 Å². The zero-order chi connectivity index (χ0) is 82.0. The molecule has 0 aromatic heterocycles. The maximum absolute atomic E-state index is 13.8. The molecule has 636 valence electrons. The molecule has 0 aliphatic carbocycles. The number of hydrogen-bond donors (Lipinski definition) is 12. The first-order valence-corrected chi connectivity index (χ1v) is 39.5. The molecule has 19 unspecified atom stereocenters. The molecule has 0 saturated heterocycles. The second-order valence-electron chi connectivity index (χ2n) is 30.5. The summed E-state index contributed by atoms with van der Waals surface area (Å²) >= 11 is 0. The van der Waals surface area contributed by atoms with Crippen molar-refractivity contribution in [3.63, 3.8) is 0 Å². The van der Waals surface area contributed by atoms with Crippen LogP contribution in [0, 0.1) is 0 Å². The van der Waals surface area contributed by atoms with E-state index in [9.17, 15) is 45.6 Å². The highest BCUT2D eigenvalue weighted by atomic mass is 16.6. The smallest absolute Gasteiger partial charge is 0.230 e. The fourth-order valence-corrected chi connectivity index (χ4v) is 17.6. The Morgan fingerprint density at radius 1 is 0.370 bits per heavy atom. The molecule has 16 N–H and O–H groups in total. The summed E-state index contributed by atoms with van der Waals surface area (Å²) in [7, 11) is 0. The van der Waals surface area contributed by atoms with Crippen molar-refractivity contribution in [3.05, 3.63) is 395 Å². The number of hydrogen-bond acceptors (Lipinski definition) is 16. The molecular weight excluding hydrogens is 1490 g/mol. The normalized spacial score (nSPS) is 17.2. The van der Waals surface area contributed by atoms with Crippen LogP contribution in [-0.4, -0.2) is 123 Å². The lowest BCUT2D eigenvalue weighted by Crippen LogP contribution is -2.65. The van der Waals surface area contributed by atoms with Gasteiger partial charge in [0, 0.05) is 59.9 Å². The lowest BCUT2D eigenvalue weighted by atomic mass is 9.60. The Morgan fingerprint density at radius 2 is 0.697 bits per heavy atom. The maximum Gasteiger partial charge on any atom is 0.230 e. The monoisotopic (exact) mass is 1620 g/mol. The molecule has 0 saturated carbocycles. The Balaban J connectivity index is 0.000000366. The summed E-state index contributed by atoms with van der Waals surface area (Å²) in [6.45, 7) is 4.70. The van der Waals surface area contributed by atoms with Gasteiger partial charge in [0.05, 0.1) is 53.2 Å². The molecule has 11 rings (SSSR count). The number of carbonyl (C=O) groups excluding carboxylic acids is 1. The molecule has 19 atom stereocenters. The Hall–Kier alpha value is -9.71. The quantitative estimate of drug-likeness (QED) is 0.0158. The minimum absolute atomic E-state index is 0. The van der Waals surface area contributed by atoms with E-state index in [0.29, 0.717) is 47.1 Å². The average molecular weight is 1620 g/mol. The number of nitrogens with two attached hydrogens (primary N) is 4. The minimum atomic E-state index is -1.90. The second kappa shape index (κ2) is 47.3. The molecule has 0 radical (unpaired) electrons. The predicted molar refractivity (Wildman–Crippen MR) is 478 cm³/mol. The fraction of sp³-hybridized carbons (Fsp3) is 0.343. The third-order valence-electron chi connectivity index (χ3n) is 23.6. The second-order valence-corrected chi connectivity index (χ2v) is 30.5. The van der Waals surface area contributed by atoms with Crippen LogP contribution in [0.3, 0.4) is 0 Å². The van der Waals surface area contributed by atoms with Crippen molar-refractivity contribution >= 4 is 5.91 Å². The first kappa shape index (κ1) is 98.1. The van der Waals surface area contributed by atoms with E-state index in [4.69, 9.17) is 41.9 Å². The van der Waals surface area contributed by atoms with Gasteiger partial charge in [-0.3, -0.25) is 4.79 Å². The molecule has 0 fully saturated rings. The van der Waals surface area contributed by atoms with Crippen molar-refractivity contribution in [2.24, 2.45) is 22.9 Å². The zero-order valence-electron chi connectivity index (χ0n) is 66.0. The minimum Gasteiger partial charge on any atom is -0.393 e. The topological polar surface area (TPSA) is 320 Å². The number of amides is 1. The molecule has 0 spiro atoms. The van der Waals surface area contributed by atoms with Crippen LogP contribution in [0.2, 0.25) is 0 Å². The third-order valence-corrected chi connectivity index (χ3v) is 23.6. The van der Waals surface area contributed by atoms with E-state index in [0.717, 1.165) is 33.4 Å². The standard InChI is InChI=1S/C53H62N4O7.C45H52O6.4CH4/c1-36(54)43(37-21-9-3-10-22-37)47(63-34-58)44(38-23-11-4-12-24-38)46(60)45(39-25-13-5-14-26-39)48(55)53(64-35-59,42-31-19-8-20-32-42)33-52(57,41-29-17-7-18-30-41)49(61)51(2,50(56)62)40-27-15-6-16-28-40;1-33(48)42(37-22-12-5-13-23-37)29-45(51-32-47,39-26-16-7-17-27-39)30-43(38-24-14-6-15-25-38)44(49)41(36-20-10-4-11-21-36)28-40(34(2)50-31-46)35-18-8-3-9-19-35;;;;/h3-32,36,43-49,58-61H,33-35,54-55,57H2,1-2H3,(H2,56,62);3-27,33-34,40-44,46-49H,28-32H2,1-2H3;4*1H4. The number of rotatable bonds is 41. The van der Waals surface area contributed by atoms with E-state index in [-0.39, 0.29) is 60.0 Å². The molecule has 11 aromatic carbocycles. The summed E-state index contributed by atoms with van der Waals surface area (Å²) < 4.78 is 25.3. The van der Waals surface area contributed by atoms with Crippen LogP contribution in [0.4, 0.5) is 0 Å². The van der Waals surface area contributed by atoms with Crippen LogP contribution in [0.25, 0.3) is 0 Å². The first-order valence-electron chi connectivity index (χ1n) is 39.5. The highest BCUT2D eigenvalue weighted by Gasteiger charge is 2.59. The molecular formula is C102H130N4O13. The van der Waals surface area contributed by atoms with Gasteiger partial charge in [0.2, 0.25) is 5.91 Å². The van der Waals surface area contributed by atoms with Crippen LogP contribution >= 0.6 is 0 Å². The largest absolute Gasteiger partial charge is 0.393 e. The third kappa shape index (κ3) is 23.5. The van der Waals surface area contributed by atoms with E-state index in [1.165, 1.54) is 0 Å². The lowest BCUT2D eigenvalue weighted by Gasteiger charge is -2.52. The summed E-state index contributed by atoms with van der Waals surface area (Å²) in [6, 6.07) is 103. The molecule has 0 heterocycles. The van der Waals surface area contributed by atoms with Gasteiger partial charge in [-0.05, 0) is 108 Å². The number of primary amides is 1. The summed E-state index contributed by atoms with van der Waals surface area (Å²) in [5.74, 6) is -4.59. The molecule has 1 amide bonds. The highest BCUT2D eigenvalue weighted by molar-refractivity contribution is 5.87. The number of aliphatic hydroxyl groups excluding tert-OH is 8. The number of ether oxygens (including phenoxy) is 4. The maximum atomic E-state index is 13.8. The van der Waals surface area contributed by atoms with Crippen LogP contribution in [-0.2, 0) is 45.9 Å². The molecule has 0 aliphatic rings. The Kier molecular flexibility index (Phi) is 39.0. The van der Waals surface area contributed by atoms with Crippen molar-refractivity contribution in [1.82, 2.24) is 0 Å². The van der Waals surface area contributed by atoms with Crippen LogP contribution in [0.1, 0.15) is 186 Å². The number of aliphatic hydroxyl groups is 8. The molecule has 0 bridgehead atoms. The molecule has 17 nitrogen and oxygen atoms in total. The highest BCUT2D eigenvalue weighted by Crippen LogP contribution is 2.53. The van der Waals surface area contributed by atoms with E-state index in [2.05, 4.69) is 24.3 Å². The van der Waals surface area contributed by atoms with E-state index < -0.39 is 122 Å². The van der Waals surface area contributed by atoms with Crippen molar-refractivity contribution in [1.29, 1.82) is 0 Å². The predicted octanol–water partition coefficient (Wildman–Crippen LogP) is 16.4. The summed E-state index contributed by atoms with van der Waals surface area (Å²) in [5.41, 5.74) is 30.3. The lowest BCUT2D eigenvalue weighted by molar-refractivity contribution is -0.168. The Labute approximate surface area is 706 Å². The van der Waals surface area contributed by atoms with Gasteiger partial charge in [-0.15, -0.1) is 0 Å². The van der Waals surface area contributed by atoms with Crippen LogP contribution < -0.4 is 22.9 Å². The molecule has 119 heavy (non-hydrogen) atoms. The number of carbonyl (C=O) groups is 1. The summed E-state index contributed by atoms with van der Waals surface area (Å²) in [4.78, 5) is 13.8. The van der Waals surface area contributed by atoms with E-state index >= 15 is 0 Å². The first-order chi connectivity index (χ1) is 55.7. The molecule has 11 aromatic rings. The number of benzene rings is 11. The fourth-order valence-electron chi connectivity index (χ4n) is 17.6. The average Bonchev–Trinajstić information content (AvgIpc) is 0.726. The Morgan fingerprint density at radius 3 is 1.08 bits per heavy atom. The van der Waals surface area contributed by atoms with E-state index in [1.54, 1.807) is 92.7 Å². The SMILES string of the molecule is C.C.C.C.CC(N)C(c1ccccc1)C(OCO)C(c1ccccc1)C(O)C(c1ccccc1)C(N)C(CC(N)(c1ccccc1)C(O)C(C)(C(N)=O)c1ccccc1)(OCO)c1ccccc1.CC(O)C(CC(CC(c1ccccc1)C(O)C(CC(c1ccccc1)C(C)OCO)c1ccccc1)(OCO)c1ccccc1)c1ccccc1. The van der Waals surface area contributed by atoms with Crippen LogP contribution in [0.15, 0.2) is 334 Å². The van der Waals surface area contributed by atoms with Gasteiger partial charge >= 0.3 is 0 Å². The van der Waals surface area contributed by atoms with Gasteiger partial charge in [-0.2, -0.15) is 0 Å². The van der Waals surface area contributed by atoms with Gasteiger partial charge in [0.15, 0.2) is 0 Å². The molecule has 17 heteroatoms. The van der Waals surface area contributed by atoms with Gasteiger partial charge in [0.1, 0.15) is 32.8 Å². The van der Waals surface area contributed by atoms with Crippen molar-refractivity contribution in [2.45, 2.75) is 195 Å². The van der Waals surface area contributed by atoms with Gasteiger partial charge < -0.3 is 82.7 Å². The molecule has 0 aliphatic heterocycles. The van der Waals surface area contributed by atoms with Crippen LogP contribution in [0.5, 0.6) is 0 Å².